The molecule has 0 saturated carbocycles. The smallest absolute Gasteiger partial charge is 0.480 e. The van der Waals surface area contributed by atoms with Gasteiger partial charge in [-0.15, -0.1) is 0 Å². The van der Waals surface area contributed by atoms with E-state index in [-0.39, 0.29) is 93.7 Å². The van der Waals surface area contributed by atoms with Crippen LogP contribution < -0.4 is 59.1 Å². The molecule has 0 atom stereocenters. The Kier molecular flexibility index (Phi) is 24.8. The number of nitrogens with one attached hydrogen (secondary N) is 3. The summed E-state index contributed by atoms with van der Waals surface area (Å²) in [5.41, 5.74) is 6.43. The third-order valence-corrected chi connectivity index (χ3v) is 22.0. The number of benzene rings is 6. The van der Waals surface area contributed by atoms with Crippen molar-refractivity contribution in [3.63, 3.8) is 0 Å². The Morgan fingerprint density at radius 3 is 0.984 bits per heavy atom. The molecule has 0 saturated heterocycles. The van der Waals surface area contributed by atoms with E-state index in [9.17, 15) is 28.8 Å². The van der Waals surface area contributed by atoms with Crippen LogP contribution in [0.5, 0.6) is 51.7 Å². The third kappa shape index (κ3) is 18.6. The molecule has 0 bridgehead atoms. The van der Waals surface area contributed by atoms with Gasteiger partial charge in [0.2, 0.25) is 35.4 Å². The molecule has 3 aliphatic rings. The molecular formula is C90H87N12O19P. The Morgan fingerprint density at radius 1 is 0.418 bits per heavy atom. The molecule has 9 heterocycles. The Morgan fingerprint density at radius 2 is 0.697 bits per heavy atom. The van der Waals surface area contributed by atoms with Gasteiger partial charge in [0, 0.05) is 168 Å². The normalized spacial score (nSPS) is 13.6. The van der Waals surface area contributed by atoms with E-state index in [2.05, 4.69) is 30.9 Å². The lowest BCUT2D eigenvalue weighted by Gasteiger charge is -2.28. The number of aryl methyl sites for hydroxylation is 3. The predicted molar refractivity (Wildman–Crippen MR) is 459 cm³/mol. The number of ether oxygens (including phenoxy) is 6. The molecule has 0 unspecified atom stereocenters. The lowest BCUT2D eigenvalue weighted by molar-refractivity contribution is -0.126. The number of phosphoric ester groups is 1. The molecule has 6 aromatic heterocycles. The van der Waals surface area contributed by atoms with E-state index in [1.165, 1.54) is 51.5 Å². The van der Waals surface area contributed by atoms with E-state index in [1.807, 2.05) is 112 Å². The van der Waals surface area contributed by atoms with Crippen LogP contribution in [-0.4, -0.2) is 147 Å². The Labute approximate surface area is 701 Å². The van der Waals surface area contributed by atoms with Gasteiger partial charge < -0.3 is 72.3 Å². The molecular weight excluding hydrogens is 1580 g/mol. The summed E-state index contributed by atoms with van der Waals surface area (Å²) in [7, 11) is 4.63. The van der Waals surface area contributed by atoms with E-state index in [0.717, 1.165) is 47.5 Å². The highest BCUT2D eigenvalue weighted by atomic mass is 31.2. The molecule has 0 fully saturated rings. The van der Waals surface area contributed by atoms with Crippen LogP contribution in [0, 0.1) is 20.8 Å². The van der Waals surface area contributed by atoms with Crippen molar-refractivity contribution in [1.82, 2.24) is 29.7 Å². The fourth-order valence-electron chi connectivity index (χ4n) is 14.1. The summed E-state index contributed by atoms with van der Waals surface area (Å²) in [5.74, 6) is 4.49. The number of methoxy groups -OCH3 is 3. The number of rotatable bonds is 30. The van der Waals surface area contributed by atoms with Crippen molar-refractivity contribution in [3.8, 4) is 51.7 Å². The minimum Gasteiger partial charge on any atom is -0.497 e. The maximum Gasteiger partial charge on any atom is 0.480 e. The van der Waals surface area contributed by atoms with Crippen molar-refractivity contribution in [1.29, 1.82) is 0 Å². The first-order valence-electron chi connectivity index (χ1n) is 39.0. The second kappa shape index (κ2) is 36.5. The number of hydrogen-bond acceptors (Lipinski definition) is 25. The van der Waals surface area contributed by atoms with Crippen LogP contribution in [0.1, 0.15) is 69.9 Å². The molecule has 31 nitrogen and oxygen atoms in total. The molecule has 32 heteroatoms. The second-order valence-corrected chi connectivity index (χ2v) is 30.5. The summed E-state index contributed by atoms with van der Waals surface area (Å²) >= 11 is 0. The SMILES string of the molecule is COc1cccc(Oc2cccc3c(CN(C)C(=O)/C=C/c4cnc5c(c4)NCCC(=O)N5COP(=O)(OCN4C(=O)CCNc5cc(/C=C/C(=O)N(C)Cc6c(C)oc7c(Oc8cccc(OC)c8)cccc67)cnc54)OCN4C(=O)CCNc5cc(/C=C/C(=O)N(C)Cc6c(C)oc7c(Oc8cccc(OC)c8)cccc67)cnc54)c(C)oc23)c1. The lowest BCUT2D eigenvalue weighted by atomic mass is 10.1. The van der Waals surface area contributed by atoms with Crippen LogP contribution in [-0.2, 0) is 66.5 Å². The van der Waals surface area contributed by atoms with Crippen molar-refractivity contribution >= 4 is 129 Å². The highest BCUT2D eigenvalue weighted by Crippen LogP contribution is 2.52. The van der Waals surface area contributed by atoms with Crippen LogP contribution in [0.25, 0.3) is 51.1 Å². The molecule has 0 radical (unpaired) electrons. The number of nitrogens with zero attached hydrogens (tertiary/aromatic N) is 9. The maximum atomic E-state index is 15.7. The molecule has 6 amide bonds. The largest absolute Gasteiger partial charge is 0.497 e. The fraction of sp³-hybridized carbons (Fsp3) is 0.233. The Hall–Kier alpha value is -14.3. The highest BCUT2D eigenvalue weighted by molar-refractivity contribution is 7.48. The average Bonchev–Trinajstić information content (AvgIpc) is 1.65. The van der Waals surface area contributed by atoms with Crippen LogP contribution in [0.2, 0.25) is 0 Å². The number of likely N-dealkylation sites (N-methyl/N-ethyl adjacent to an activating group) is 3. The number of carbonyl (C=O) groups is 6. The number of anilines is 6. The quantitative estimate of drug-likeness (QED) is 0.0278. The summed E-state index contributed by atoms with van der Waals surface area (Å²) < 4.78 is 87.8. The number of phosphoric acid groups is 1. The Bertz CT molecular complexity index is 5590. The number of para-hydroxylation sites is 3. The lowest BCUT2D eigenvalue weighted by Crippen LogP contribution is -2.36. The monoisotopic (exact) mass is 1670 g/mol. The van der Waals surface area contributed by atoms with Gasteiger partial charge in [-0.1, -0.05) is 54.6 Å². The first-order chi connectivity index (χ1) is 59.1. The molecule has 6 aromatic carbocycles. The molecule has 3 aliphatic heterocycles. The van der Waals surface area contributed by atoms with Crippen molar-refractivity contribution in [2.45, 2.75) is 59.7 Å². The number of carbonyl (C=O) groups excluding carboxylic acids is 6. The zero-order valence-electron chi connectivity index (χ0n) is 68.3. The average molecular weight is 1670 g/mol. The van der Waals surface area contributed by atoms with E-state index < -0.39 is 45.7 Å². The van der Waals surface area contributed by atoms with E-state index in [0.29, 0.717) is 120 Å². The van der Waals surface area contributed by atoms with Gasteiger partial charge in [0.05, 0.1) is 38.4 Å². The topological polar surface area (TPSA) is 336 Å². The summed E-state index contributed by atoms with van der Waals surface area (Å²) in [4.78, 5) is 106. The van der Waals surface area contributed by atoms with E-state index in [1.54, 1.807) is 115 Å². The standard InChI is InChI=1S/C90H87N12O19P/c1-55-70(67-22-13-25-76(85(67)116-55)119-64-19-10-16-61(43-64)110-7)49-97(4)79(103)31-28-58-40-73-88(94-46-58)100(82(106)34-37-91-73)52-113-122(109,114-53-101-83(107)35-38-92-74-41-59(47-95-89(74)101)29-32-80(104)98(5)50-71-56(2)117-86-68(71)23-14-26-77(86)120-65-20-11-17-62(44-65)111-8)115-54-102-84(108)36-39-93-75-42-60(48-96-90(75)102)30-33-81(105)99(6)51-72-57(3)118-87-69(72)24-15-27-78(87)121-66-21-12-18-63(45-66)112-9/h10-33,40-48,91-93H,34-39,49-54H2,1-9H3/b31-28+,32-29+,33-30+. The van der Waals surface area contributed by atoms with Gasteiger partial charge in [-0.3, -0.25) is 57.0 Å². The minimum absolute atomic E-state index is 0.0622. The predicted octanol–water partition coefficient (Wildman–Crippen LogP) is 16.3. The molecule has 0 aliphatic carbocycles. The zero-order valence-corrected chi connectivity index (χ0v) is 69.2. The zero-order chi connectivity index (χ0) is 85.3. The fourth-order valence-corrected chi connectivity index (χ4v) is 15.1. The summed E-state index contributed by atoms with van der Waals surface area (Å²) in [6.07, 6.45) is 13.0. The molecule has 3 N–H and O–H groups in total. The summed E-state index contributed by atoms with van der Waals surface area (Å²) in [6.45, 7) is 4.08. The van der Waals surface area contributed by atoms with Gasteiger partial charge >= 0.3 is 7.82 Å². The van der Waals surface area contributed by atoms with Gasteiger partial charge in [-0.2, -0.15) is 0 Å². The van der Waals surface area contributed by atoms with Crippen molar-refractivity contribution in [2.75, 3.05) is 113 Å². The minimum atomic E-state index is -5.11. The van der Waals surface area contributed by atoms with Gasteiger partial charge in [0.15, 0.2) is 51.5 Å². The first kappa shape index (κ1) is 82.8. The Balaban J connectivity index is 0.651. The molecule has 0 spiro atoms. The van der Waals surface area contributed by atoms with Crippen molar-refractivity contribution in [2.24, 2.45) is 0 Å². The summed E-state index contributed by atoms with van der Waals surface area (Å²) in [6, 6.07) is 43.4. The summed E-state index contributed by atoms with van der Waals surface area (Å²) in [5, 5.41) is 12.0. The second-order valence-electron chi connectivity index (χ2n) is 28.9. The number of aromatic nitrogens is 3. The third-order valence-electron chi connectivity index (χ3n) is 20.7. The van der Waals surface area contributed by atoms with E-state index in [4.69, 9.17) is 55.2 Å². The van der Waals surface area contributed by atoms with Crippen molar-refractivity contribution in [3.05, 3.63) is 233 Å². The van der Waals surface area contributed by atoms with Crippen LogP contribution in [0.15, 0.2) is 196 Å². The van der Waals surface area contributed by atoms with Crippen LogP contribution >= 0.6 is 7.82 Å². The van der Waals surface area contributed by atoms with Crippen LogP contribution in [0.4, 0.5) is 34.5 Å². The molecule has 15 rings (SSSR count). The number of fused-ring (bicyclic) bond motifs is 6. The molecule has 122 heavy (non-hydrogen) atoms. The van der Waals surface area contributed by atoms with Gasteiger partial charge in [-0.25, -0.2) is 19.5 Å². The number of amides is 6. The van der Waals surface area contributed by atoms with Gasteiger partial charge in [0.25, 0.3) is 0 Å². The number of furan rings is 3. The highest BCUT2D eigenvalue weighted by Gasteiger charge is 2.37. The molecule has 12 aromatic rings. The van der Waals surface area contributed by atoms with Gasteiger partial charge in [0.1, 0.15) is 72.0 Å². The number of pyridine rings is 3. The van der Waals surface area contributed by atoms with Gasteiger partial charge in [-0.05, 0) is 128 Å². The first-order valence-corrected chi connectivity index (χ1v) is 40.5. The number of hydrogen-bond donors (Lipinski definition) is 3. The molecule has 626 valence electrons. The maximum absolute atomic E-state index is 15.7. The van der Waals surface area contributed by atoms with E-state index >= 15 is 4.57 Å². The van der Waals surface area contributed by atoms with Crippen LogP contribution in [0.3, 0.4) is 0 Å². The van der Waals surface area contributed by atoms with Crippen molar-refractivity contribution < 1.29 is 88.6 Å².